The van der Waals surface area contributed by atoms with Crippen LogP contribution < -0.4 is 9.47 Å². The quantitative estimate of drug-likeness (QED) is 0.774. The van der Waals surface area contributed by atoms with Crippen molar-refractivity contribution in [1.29, 1.82) is 0 Å². The van der Waals surface area contributed by atoms with Crippen molar-refractivity contribution in [3.05, 3.63) is 23.8 Å². The van der Waals surface area contributed by atoms with Crippen LogP contribution in [0.4, 0.5) is 0 Å². The van der Waals surface area contributed by atoms with E-state index in [1.807, 2.05) is 12.1 Å². The van der Waals surface area contributed by atoms with Gasteiger partial charge in [-0.3, -0.25) is 0 Å². The van der Waals surface area contributed by atoms with Crippen molar-refractivity contribution in [3.63, 3.8) is 0 Å². The monoisotopic (exact) mass is 249 g/mol. The standard InChI is InChI=1S/C15H23NO2/c1-3-16(4-2)9-11-17-14-7-8-15-13(12-14)6-5-10-18-15/h7-8,12H,3-6,9-11H2,1-2H3. The number of hydrogen-bond acceptors (Lipinski definition) is 3. The van der Waals surface area contributed by atoms with Crippen molar-refractivity contribution in [2.75, 3.05) is 32.8 Å². The van der Waals surface area contributed by atoms with Gasteiger partial charge in [-0.15, -0.1) is 0 Å². The summed E-state index contributed by atoms with van der Waals surface area (Å²) in [5.41, 5.74) is 1.28. The second-order valence-corrected chi connectivity index (χ2v) is 4.60. The Labute approximate surface area is 110 Å². The van der Waals surface area contributed by atoms with Crippen LogP contribution in [0.25, 0.3) is 0 Å². The summed E-state index contributed by atoms with van der Waals surface area (Å²) in [4.78, 5) is 2.36. The van der Waals surface area contributed by atoms with Crippen LogP contribution in [0.2, 0.25) is 0 Å². The molecule has 0 aliphatic carbocycles. The molecule has 1 aliphatic heterocycles. The topological polar surface area (TPSA) is 21.7 Å². The van der Waals surface area contributed by atoms with Gasteiger partial charge in [0.05, 0.1) is 6.61 Å². The van der Waals surface area contributed by atoms with E-state index < -0.39 is 0 Å². The summed E-state index contributed by atoms with van der Waals surface area (Å²) in [6.07, 6.45) is 2.21. The van der Waals surface area contributed by atoms with Crippen LogP contribution in [0.3, 0.4) is 0 Å². The third-order valence-electron chi connectivity index (χ3n) is 3.45. The zero-order valence-corrected chi connectivity index (χ0v) is 11.4. The molecular formula is C15H23NO2. The number of nitrogens with zero attached hydrogens (tertiary/aromatic N) is 1. The number of rotatable bonds is 6. The highest BCUT2D eigenvalue weighted by Gasteiger charge is 2.10. The fraction of sp³-hybridized carbons (Fsp3) is 0.600. The Kier molecular flexibility index (Phi) is 4.88. The molecule has 18 heavy (non-hydrogen) atoms. The normalized spacial score (nSPS) is 14.2. The minimum absolute atomic E-state index is 0.751. The van der Waals surface area contributed by atoms with Crippen molar-refractivity contribution < 1.29 is 9.47 Å². The van der Waals surface area contributed by atoms with E-state index in [0.29, 0.717) is 0 Å². The second-order valence-electron chi connectivity index (χ2n) is 4.60. The number of fused-ring (bicyclic) bond motifs is 1. The summed E-state index contributed by atoms with van der Waals surface area (Å²) in [5.74, 6) is 1.99. The summed E-state index contributed by atoms with van der Waals surface area (Å²) in [6, 6.07) is 6.16. The van der Waals surface area contributed by atoms with Gasteiger partial charge >= 0.3 is 0 Å². The molecule has 0 aromatic heterocycles. The van der Waals surface area contributed by atoms with Crippen LogP contribution in [0.1, 0.15) is 25.8 Å². The highest BCUT2D eigenvalue weighted by atomic mass is 16.5. The lowest BCUT2D eigenvalue weighted by atomic mass is 10.1. The molecule has 3 heteroatoms. The Morgan fingerprint density at radius 1 is 1.28 bits per heavy atom. The summed E-state index contributed by atoms with van der Waals surface area (Å²) < 4.78 is 11.4. The van der Waals surface area contributed by atoms with Crippen molar-refractivity contribution in [2.24, 2.45) is 0 Å². The van der Waals surface area contributed by atoms with E-state index in [1.54, 1.807) is 0 Å². The molecule has 0 unspecified atom stereocenters. The average molecular weight is 249 g/mol. The molecule has 100 valence electrons. The van der Waals surface area contributed by atoms with Gasteiger partial charge in [-0.2, -0.15) is 0 Å². The molecule has 1 aliphatic rings. The molecule has 0 bridgehead atoms. The predicted octanol–water partition coefficient (Wildman–Crippen LogP) is 2.73. The van der Waals surface area contributed by atoms with Gasteiger partial charge in [0.2, 0.25) is 0 Å². The number of ether oxygens (including phenoxy) is 2. The van der Waals surface area contributed by atoms with Gasteiger partial charge in [-0.05, 0) is 49.7 Å². The summed E-state index contributed by atoms with van der Waals surface area (Å²) >= 11 is 0. The van der Waals surface area contributed by atoms with E-state index in [2.05, 4.69) is 24.8 Å². The molecule has 3 nitrogen and oxygen atoms in total. The fourth-order valence-electron chi connectivity index (χ4n) is 2.26. The average Bonchev–Trinajstić information content (AvgIpc) is 2.43. The molecule has 1 aromatic rings. The van der Waals surface area contributed by atoms with E-state index in [0.717, 1.165) is 57.2 Å². The summed E-state index contributed by atoms with van der Waals surface area (Å²) in [7, 11) is 0. The lowest BCUT2D eigenvalue weighted by Crippen LogP contribution is -2.27. The van der Waals surface area contributed by atoms with Gasteiger partial charge in [-0.1, -0.05) is 13.8 Å². The van der Waals surface area contributed by atoms with Crippen LogP contribution in [0, 0.1) is 0 Å². The molecule has 1 aromatic carbocycles. The van der Waals surface area contributed by atoms with E-state index >= 15 is 0 Å². The molecule has 0 saturated carbocycles. The van der Waals surface area contributed by atoms with Crippen molar-refractivity contribution in [2.45, 2.75) is 26.7 Å². The first-order valence-corrected chi connectivity index (χ1v) is 6.94. The molecule has 0 radical (unpaired) electrons. The summed E-state index contributed by atoms with van der Waals surface area (Å²) in [5, 5.41) is 0. The minimum atomic E-state index is 0.751. The maximum absolute atomic E-state index is 5.81. The van der Waals surface area contributed by atoms with Crippen molar-refractivity contribution >= 4 is 0 Å². The third kappa shape index (κ3) is 3.39. The second kappa shape index (κ2) is 6.64. The van der Waals surface area contributed by atoms with E-state index in [1.165, 1.54) is 5.56 Å². The maximum atomic E-state index is 5.81. The van der Waals surface area contributed by atoms with Gasteiger partial charge in [0, 0.05) is 6.54 Å². The highest BCUT2D eigenvalue weighted by molar-refractivity contribution is 5.41. The van der Waals surface area contributed by atoms with E-state index in [9.17, 15) is 0 Å². The molecular weight excluding hydrogens is 226 g/mol. The smallest absolute Gasteiger partial charge is 0.122 e. The number of benzene rings is 1. The first-order valence-electron chi connectivity index (χ1n) is 6.94. The zero-order chi connectivity index (χ0) is 12.8. The van der Waals surface area contributed by atoms with Crippen LogP contribution in [0.5, 0.6) is 11.5 Å². The molecule has 2 rings (SSSR count). The van der Waals surface area contributed by atoms with Crippen molar-refractivity contribution in [3.8, 4) is 11.5 Å². The Morgan fingerprint density at radius 3 is 2.89 bits per heavy atom. The van der Waals surface area contributed by atoms with Crippen molar-refractivity contribution in [1.82, 2.24) is 4.90 Å². The molecule has 1 heterocycles. The molecule has 0 atom stereocenters. The van der Waals surface area contributed by atoms with E-state index in [4.69, 9.17) is 9.47 Å². The predicted molar refractivity (Wildman–Crippen MR) is 73.5 cm³/mol. The molecule has 0 N–H and O–H groups in total. The maximum Gasteiger partial charge on any atom is 0.122 e. The molecule has 0 spiro atoms. The van der Waals surface area contributed by atoms with Crippen LogP contribution in [0.15, 0.2) is 18.2 Å². The summed E-state index contributed by atoms with van der Waals surface area (Å²) in [6.45, 7) is 9.10. The van der Waals surface area contributed by atoms with Gasteiger partial charge in [0.25, 0.3) is 0 Å². The van der Waals surface area contributed by atoms with Gasteiger partial charge in [0.1, 0.15) is 18.1 Å². The fourth-order valence-corrected chi connectivity index (χ4v) is 2.26. The van der Waals surface area contributed by atoms with Gasteiger partial charge in [0.15, 0.2) is 0 Å². The first kappa shape index (κ1) is 13.2. The Bertz CT molecular complexity index is 375. The van der Waals surface area contributed by atoms with Gasteiger partial charge in [-0.25, -0.2) is 0 Å². The van der Waals surface area contributed by atoms with Crippen LogP contribution in [-0.4, -0.2) is 37.7 Å². The highest BCUT2D eigenvalue weighted by Crippen LogP contribution is 2.28. The van der Waals surface area contributed by atoms with E-state index in [-0.39, 0.29) is 0 Å². The number of hydrogen-bond donors (Lipinski definition) is 0. The first-order chi connectivity index (χ1) is 8.83. The van der Waals surface area contributed by atoms with Crippen LogP contribution >= 0.6 is 0 Å². The van der Waals surface area contributed by atoms with Gasteiger partial charge < -0.3 is 14.4 Å². The molecule has 0 saturated heterocycles. The van der Waals surface area contributed by atoms with Crippen LogP contribution in [-0.2, 0) is 6.42 Å². The minimum Gasteiger partial charge on any atom is -0.493 e. The SMILES string of the molecule is CCN(CC)CCOc1ccc2c(c1)CCCO2. The zero-order valence-electron chi connectivity index (χ0n) is 11.4. The molecule has 0 fully saturated rings. The Morgan fingerprint density at radius 2 is 2.11 bits per heavy atom. The third-order valence-corrected chi connectivity index (χ3v) is 3.45. The Hall–Kier alpha value is -1.22. The lowest BCUT2D eigenvalue weighted by molar-refractivity contribution is 0.222. The lowest BCUT2D eigenvalue weighted by Gasteiger charge is -2.20. The molecule has 0 amide bonds. The largest absolute Gasteiger partial charge is 0.493 e. The Balaban J connectivity index is 1.86. The number of likely N-dealkylation sites (N-methyl/N-ethyl adjacent to an activating group) is 1. The number of aryl methyl sites for hydroxylation is 1.